The molecule has 0 rings (SSSR count). The molecule has 0 saturated carbocycles. The van der Waals surface area contributed by atoms with Gasteiger partial charge in [-0.25, -0.2) is 9.59 Å². The summed E-state index contributed by atoms with van der Waals surface area (Å²) in [4.78, 5) is 54.2. The summed E-state index contributed by atoms with van der Waals surface area (Å²) in [5.74, 6) is -6.98. The van der Waals surface area contributed by atoms with E-state index in [9.17, 15) is 0 Å². The molecule has 0 aliphatic rings. The number of aliphatic carboxylic acids is 6. The van der Waals surface area contributed by atoms with Crippen molar-refractivity contribution in [1.82, 2.24) is 0 Å². The number of carboxylic acid groups (broad SMARTS) is 6. The van der Waals surface area contributed by atoms with E-state index >= 15 is 0 Å². The zero-order valence-electron chi connectivity index (χ0n) is 14.1. The van der Waals surface area contributed by atoms with Crippen LogP contribution in [0.3, 0.4) is 0 Å². The first-order valence-corrected chi connectivity index (χ1v) is 4.82. The van der Waals surface area contributed by atoms with Gasteiger partial charge in [0.1, 0.15) is 0 Å². The van der Waals surface area contributed by atoms with Gasteiger partial charge in [0, 0.05) is 27.7 Å². The van der Waals surface area contributed by atoms with Crippen LogP contribution >= 0.6 is 0 Å². The van der Waals surface area contributed by atoms with Gasteiger partial charge >= 0.3 is 41.5 Å². The van der Waals surface area contributed by atoms with Crippen molar-refractivity contribution in [3.63, 3.8) is 0 Å². The van der Waals surface area contributed by atoms with E-state index in [1.54, 1.807) is 0 Å². The molecule has 0 radical (unpaired) electrons. The molecule has 0 fully saturated rings. The van der Waals surface area contributed by atoms with Crippen LogP contribution in [0.4, 0.5) is 0 Å². The molecular weight excluding hydrogens is 335 g/mol. The molecule has 0 heterocycles. The van der Waals surface area contributed by atoms with Crippen LogP contribution < -0.4 is 29.6 Å². The molecule has 0 aromatic rings. The number of carbonyl (C=O) groups is 6. The zero-order valence-corrected chi connectivity index (χ0v) is 15.1. The third-order valence-electron chi connectivity index (χ3n) is 0.183. The smallest absolute Gasteiger partial charge is 1.00 e. The molecule has 0 unspecified atom stereocenters. The van der Waals surface area contributed by atoms with E-state index in [2.05, 4.69) is 0 Å². The van der Waals surface area contributed by atoms with Crippen LogP contribution in [0.1, 0.15) is 29.1 Å². The minimum atomic E-state index is -1.82. The standard InChI is InChI=1S/C2H2O4.4C2H4O2.Na.H/c3-1(4)2(5)6;4*1-2(3)4;;/h(H,3,4)(H,5,6);4*1H3,(H,3,4);;/q;;;;;+1;-1. The first-order chi connectivity index (χ1) is 9.57. The van der Waals surface area contributed by atoms with Crippen LogP contribution in [0.5, 0.6) is 0 Å². The first kappa shape index (κ1) is 37.2. The van der Waals surface area contributed by atoms with Gasteiger partial charge in [-0.05, 0) is 0 Å². The van der Waals surface area contributed by atoms with Gasteiger partial charge in [-0.2, -0.15) is 0 Å². The SMILES string of the molecule is CC(=O)O.CC(=O)O.CC(=O)O.CC(=O)O.O=C(O)C(=O)O.[H-].[Na+]. The second-order valence-electron chi connectivity index (χ2n) is 2.69. The van der Waals surface area contributed by atoms with Gasteiger partial charge in [-0.3, -0.25) is 19.2 Å². The van der Waals surface area contributed by atoms with Crippen LogP contribution in [-0.4, -0.2) is 66.5 Å². The van der Waals surface area contributed by atoms with Gasteiger partial charge in [0.25, 0.3) is 23.9 Å². The largest absolute Gasteiger partial charge is 1.00 e. The molecule has 13 heteroatoms. The van der Waals surface area contributed by atoms with E-state index in [1.807, 2.05) is 0 Å². The van der Waals surface area contributed by atoms with Crippen LogP contribution in [0.15, 0.2) is 0 Å². The van der Waals surface area contributed by atoms with E-state index in [0.717, 1.165) is 27.7 Å². The predicted molar refractivity (Wildman–Crippen MR) is 69.6 cm³/mol. The summed E-state index contributed by atoms with van der Waals surface area (Å²) in [6, 6.07) is 0. The Morgan fingerprint density at radius 2 is 0.522 bits per heavy atom. The van der Waals surface area contributed by atoms with Crippen molar-refractivity contribution >= 4 is 35.8 Å². The fourth-order valence-electron chi connectivity index (χ4n) is 0. The zero-order chi connectivity index (χ0) is 19.5. The van der Waals surface area contributed by atoms with Crippen molar-refractivity contribution in [3.05, 3.63) is 0 Å². The summed E-state index contributed by atoms with van der Waals surface area (Å²) in [5.41, 5.74) is 0. The van der Waals surface area contributed by atoms with Crippen molar-refractivity contribution in [1.29, 1.82) is 0 Å². The predicted octanol–water partition coefficient (Wildman–Crippen LogP) is -3.36. The monoisotopic (exact) mass is 354 g/mol. The van der Waals surface area contributed by atoms with E-state index in [4.69, 9.17) is 59.4 Å². The molecule has 132 valence electrons. The van der Waals surface area contributed by atoms with Crippen LogP contribution in [0.25, 0.3) is 0 Å². The van der Waals surface area contributed by atoms with Crippen molar-refractivity contribution in [3.8, 4) is 0 Å². The van der Waals surface area contributed by atoms with Gasteiger partial charge in [0.05, 0.1) is 0 Å². The third-order valence-corrected chi connectivity index (χ3v) is 0.183. The summed E-state index contributed by atoms with van der Waals surface area (Å²) in [5, 5.41) is 44.4. The van der Waals surface area contributed by atoms with Crippen molar-refractivity contribution in [2.24, 2.45) is 0 Å². The van der Waals surface area contributed by atoms with Gasteiger partial charge in [-0.1, -0.05) is 0 Å². The van der Waals surface area contributed by atoms with Gasteiger partial charge < -0.3 is 32.1 Å². The Kier molecular flexibility index (Phi) is 45.4. The van der Waals surface area contributed by atoms with E-state index < -0.39 is 35.8 Å². The van der Waals surface area contributed by atoms with Crippen molar-refractivity contribution < 1.29 is 90.4 Å². The second kappa shape index (κ2) is 28.0. The fourth-order valence-corrected chi connectivity index (χ4v) is 0. The molecule has 0 bridgehead atoms. The Morgan fingerprint density at radius 3 is 0.522 bits per heavy atom. The molecule has 0 saturated heterocycles. The van der Waals surface area contributed by atoms with Crippen LogP contribution in [0, 0.1) is 0 Å². The third kappa shape index (κ3) is 1900. The molecule has 0 amide bonds. The Labute approximate surface area is 154 Å². The second-order valence-corrected chi connectivity index (χ2v) is 2.69. The van der Waals surface area contributed by atoms with Crippen molar-refractivity contribution in [2.45, 2.75) is 27.7 Å². The minimum absolute atomic E-state index is 0. The molecular formula is C10H19NaO12. The normalized spacial score (nSPS) is 6.26. The number of hydrogen-bond acceptors (Lipinski definition) is 6. The van der Waals surface area contributed by atoms with E-state index in [0.29, 0.717) is 0 Å². The summed E-state index contributed by atoms with van der Waals surface area (Å²) in [6.45, 7) is 4.33. The topological polar surface area (TPSA) is 224 Å². The summed E-state index contributed by atoms with van der Waals surface area (Å²) in [7, 11) is 0. The molecule has 0 spiro atoms. The average molecular weight is 354 g/mol. The quantitative estimate of drug-likeness (QED) is 0.185. The maximum Gasteiger partial charge on any atom is 1.00 e. The van der Waals surface area contributed by atoms with Gasteiger partial charge in [-0.15, -0.1) is 0 Å². The molecule has 12 nitrogen and oxygen atoms in total. The van der Waals surface area contributed by atoms with Crippen LogP contribution in [0.2, 0.25) is 0 Å². The molecule has 0 aromatic heterocycles. The summed E-state index contributed by atoms with van der Waals surface area (Å²) in [6.07, 6.45) is 0. The van der Waals surface area contributed by atoms with E-state index in [-0.39, 0.29) is 31.0 Å². The Balaban J connectivity index is -0.0000000298. The molecule has 6 N–H and O–H groups in total. The first-order valence-electron chi connectivity index (χ1n) is 4.82. The van der Waals surface area contributed by atoms with Crippen molar-refractivity contribution in [2.75, 3.05) is 0 Å². The Morgan fingerprint density at radius 1 is 0.478 bits per heavy atom. The maximum atomic E-state index is 9.10. The fraction of sp³-hybridized carbons (Fsp3) is 0.400. The molecule has 23 heavy (non-hydrogen) atoms. The summed E-state index contributed by atoms with van der Waals surface area (Å²) >= 11 is 0. The Bertz CT molecular complexity index is 306. The van der Waals surface area contributed by atoms with Crippen LogP contribution in [-0.2, 0) is 28.8 Å². The number of carboxylic acids is 6. The average Bonchev–Trinajstić information content (AvgIpc) is 2.12. The molecule has 0 aromatic carbocycles. The maximum absolute atomic E-state index is 9.10. The minimum Gasteiger partial charge on any atom is -1.00 e. The molecule has 0 atom stereocenters. The van der Waals surface area contributed by atoms with Gasteiger partial charge in [0.15, 0.2) is 0 Å². The van der Waals surface area contributed by atoms with E-state index in [1.165, 1.54) is 0 Å². The number of hydrogen-bond donors (Lipinski definition) is 6. The summed E-state index contributed by atoms with van der Waals surface area (Å²) < 4.78 is 0. The van der Waals surface area contributed by atoms with Gasteiger partial charge in [0.2, 0.25) is 0 Å². The molecule has 0 aliphatic carbocycles. The molecule has 0 aliphatic heterocycles. The Hall–Kier alpha value is -2.18. The number of rotatable bonds is 0.